The lowest BCUT2D eigenvalue weighted by molar-refractivity contribution is 0.283. The van der Waals surface area contributed by atoms with E-state index >= 15 is 0 Å². The van der Waals surface area contributed by atoms with Crippen molar-refractivity contribution in [3.63, 3.8) is 0 Å². The van der Waals surface area contributed by atoms with Gasteiger partial charge in [-0.15, -0.1) is 0 Å². The molecule has 1 heterocycles. The number of benzene rings is 1. The van der Waals surface area contributed by atoms with Crippen LogP contribution < -0.4 is 4.90 Å². The first-order chi connectivity index (χ1) is 10.3. The molecule has 112 valence electrons. The lowest BCUT2D eigenvalue weighted by Gasteiger charge is -2.28. The van der Waals surface area contributed by atoms with Crippen molar-refractivity contribution in [2.45, 2.75) is 38.7 Å². The van der Waals surface area contributed by atoms with Crippen molar-refractivity contribution < 1.29 is 5.11 Å². The minimum absolute atomic E-state index is 0.0418. The molecule has 0 atom stereocenters. The van der Waals surface area contributed by atoms with Gasteiger partial charge in [-0.2, -0.15) is 0 Å². The molecule has 0 aliphatic heterocycles. The van der Waals surface area contributed by atoms with E-state index in [1.807, 2.05) is 18.3 Å². The number of hydrogen-bond acceptors (Lipinski definition) is 3. The van der Waals surface area contributed by atoms with Gasteiger partial charge in [0.25, 0.3) is 0 Å². The van der Waals surface area contributed by atoms with E-state index in [9.17, 15) is 5.11 Å². The highest BCUT2D eigenvalue weighted by Crippen LogP contribution is 2.29. The van der Waals surface area contributed by atoms with E-state index in [0.29, 0.717) is 0 Å². The van der Waals surface area contributed by atoms with Crippen molar-refractivity contribution in [1.82, 2.24) is 4.98 Å². The minimum Gasteiger partial charge on any atom is -0.392 e. The molecular weight excluding hydrogens is 260 g/mol. The van der Waals surface area contributed by atoms with Crippen molar-refractivity contribution in [1.29, 1.82) is 0 Å². The second-order valence-electron chi connectivity index (χ2n) is 6.20. The molecule has 1 aromatic heterocycles. The van der Waals surface area contributed by atoms with Gasteiger partial charge < -0.3 is 10.0 Å². The number of aliphatic hydroxyl groups excluding tert-OH is 1. The fourth-order valence-electron chi connectivity index (χ4n) is 3.51. The van der Waals surface area contributed by atoms with Gasteiger partial charge in [0.05, 0.1) is 6.61 Å². The monoisotopic (exact) mass is 284 g/mol. The fourth-order valence-corrected chi connectivity index (χ4v) is 3.51. The van der Waals surface area contributed by atoms with Crippen LogP contribution >= 0.6 is 0 Å². The van der Waals surface area contributed by atoms with Gasteiger partial charge in [-0.25, -0.2) is 4.98 Å². The number of rotatable bonds is 4. The van der Waals surface area contributed by atoms with Gasteiger partial charge in [0.2, 0.25) is 0 Å². The van der Waals surface area contributed by atoms with Crippen LogP contribution in [0, 0.1) is 5.92 Å². The first-order valence-corrected chi connectivity index (χ1v) is 7.98. The van der Waals surface area contributed by atoms with Crippen LogP contribution in [-0.2, 0) is 6.61 Å². The molecule has 1 fully saturated rings. The molecule has 0 bridgehead atoms. The number of aromatic nitrogens is 1. The molecule has 1 aliphatic carbocycles. The normalized spacial score (nSPS) is 16.3. The molecule has 3 nitrogen and oxygen atoms in total. The molecule has 3 heteroatoms. The Morgan fingerprint density at radius 2 is 1.86 bits per heavy atom. The second-order valence-corrected chi connectivity index (χ2v) is 6.20. The van der Waals surface area contributed by atoms with Crippen LogP contribution in [0.3, 0.4) is 0 Å². The summed E-state index contributed by atoms with van der Waals surface area (Å²) in [6.07, 6.45) is 8.64. The van der Waals surface area contributed by atoms with E-state index in [4.69, 9.17) is 0 Å². The average molecular weight is 284 g/mol. The summed E-state index contributed by atoms with van der Waals surface area (Å²) in [5, 5.41) is 11.7. The first kappa shape index (κ1) is 14.3. The van der Waals surface area contributed by atoms with Crippen LogP contribution in [0.25, 0.3) is 10.8 Å². The lowest BCUT2D eigenvalue weighted by Crippen LogP contribution is -2.27. The fraction of sp³-hybridized carbons (Fsp3) is 0.500. The highest BCUT2D eigenvalue weighted by atomic mass is 16.3. The third-order valence-corrected chi connectivity index (χ3v) is 4.65. The van der Waals surface area contributed by atoms with Gasteiger partial charge in [0.15, 0.2) is 0 Å². The van der Waals surface area contributed by atoms with E-state index in [2.05, 4.69) is 29.1 Å². The Labute approximate surface area is 126 Å². The van der Waals surface area contributed by atoms with Crippen LogP contribution in [0.15, 0.2) is 30.5 Å². The molecule has 0 amide bonds. The SMILES string of the molecule is CN(CC1CCCCC1)c1ncc(CO)c2ccccc12. The molecule has 1 aliphatic rings. The summed E-state index contributed by atoms with van der Waals surface area (Å²) in [6.45, 7) is 1.12. The van der Waals surface area contributed by atoms with Crippen LogP contribution in [-0.4, -0.2) is 23.7 Å². The lowest BCUT2D eigenvalue weighted by atomic mass is 9.89. The Bertz CT molecular complexity index is 605. The van der Waals surface area contributed by atoms with E-state index in [1.165, 1.54) is 32.1 Å². The van der Waals surface area contributed by atoms with Gasteiger partial charge in [0, 0.05) is 30.7 Å². The summed E-state index contributed by atoms with van der Waals surface area (Å²) in [6, 6.07) is 8.24. The average Bonchev–Trinajstić information content (AvgIpc) is 2.54. The quantitative estimate of drug-likeness (QED) is 0.929. The maximum atomic E-state index is 9.47. The second kappa shape index (κ2) is 6.44. The van der Waals surface area contributed by atoms with Gasteiger partial charge in [-0.05, 0) is 24.1 Å². The van der Waals surface area contributed by atoms with Gasteiger partial charge in [-0.1, -0.05) is 43.5 Å². The predicted molar refractivity (Wildman–Crippen MR) is 87.5 cm³/mol. The molecule has 0 unspecified atom stereocenters. The number of pyridine rings is 1. The molecule has 1 N–H and O–H groups in total. The maximum Gasteiger partial charge on any atom is 0.136 e. The number of anilines is 1. The molecular formula is C18H24N2O. The van der Waals surface area contributed by atoms with E-state index in [0.717, 1.165) is 34.6 Å². The van der Waals surface area contributed by atoms with E-state index < -0.39 is 0 Å². The van der Waals surface area contributed by atoms with Crippen LogP contribution in [0.1, 0.15) is 37.7 Å². The summed E-state index contributed by atoms with van der Waals surface area (Å²) in [7, 11) is 2.14. The van der Waals surface area contributed by atoms with Crippen molar-refractivity contribution in [3.8, 4) is 0 Å². The van der Waals surface area contributed by atoms with Crippen molar-refractivity contribution in [2.75, 3.05) is 18.5 Å². The summed E-state index contributed by atoms with van der Waals surface area (Å²) < 4.78 is 0. The Hall–Kier alpha value is -1.61. The number of aliphatic hydroxyl groups is 1. The first-order valence-electron chi connectivity index (χ1n) is 7.98. The molecule has 1 aromatic carbocycles. The molecule has 21 heavy (non-hydrogen) atoms. The van der Waals surface area contributed by atoms with Crippen LogP contribution in [0.4, 0.5) is 5.82 Å². The predicted octanol–water partition coefficient (Wildman–Crippen LogP) is 3.74. The zero-order chi connectivity index (χ0) is 14.7. The summed E-state index contributed by atoms with van der Waals surface area (Å²) >= 11 is 0. The zero-order valence-electron chi connectivity index (χ0n) is 12.8. The van der Waals surface area contributed by atoms with Crippen molar-refractivity contribution in [2.24, 2.45) is 5.92 Å². The largest absolute Gasteiger partial charge is 0.392 e. The third kappa shape index (κ3) is 3.03. The summed E-state index contributed by atoms with van der Waals surface area (Å²) in [5.41, 5.74) is 0.903. The van der Waals surface area contributed by atoms with E-state index in [1.54, 1.807) is 0 Å². The standard InChI is InChI=1S/C18H24N2O/c1-20(12-14-7-3-2-4-8-14)18-17-10-6-5-9-16(17)15(13-21)11-19-18/h5-6,9-11,14,21H,2-4,7-8,12-13H2,1H3. The molecule has 3 rings (SSSR count). The topological polar surface area (TPSA) is 36.4 Å². The number of nitrogens with zero attached hydrogens (tertiary/aromatic N) is 2. The minimum atomic E-state index is 0.0418. The van der Waals surface area contributed by atoms with Crippen molar-refractivity contribution >= 4 is 16.6 Å². The highest BCUT2D eigenvalue weighted by molar-refractivity contribution is 5.94. The van der Waals surface area contributed by atoms with Gasteiger partial charge in [0.1, 0.15) is 5.82 Å². The Balaban J connectivity index is 1.89. The highest BCUT2D eigenvalue weighted by Gasteiger charge is 2.17. The van der Waals surface area contributed by atoms with Gasteiger partial charge in [-0.3, -0.25) is 0 Å². The Morgan fingerprint density at radius 3 is 2.57 bits per heavy atom. The van der Waals surface area contributed by atoms with Crippen LogP contribution in [0.2, 0.25) is 0 Å². The van der Waals surface area contributed by atoms with Crippen molar-refractivity contribution in [3.05, 3.63) is 36.0 Å². The molecule has 0 saturated heterocycles. The van der Waals surface area contributed by atoms with Gasteiger partial charge >= 0.3 is 0 Å². The summed E-state index contributed by atoms with van der Waals surface area (Å²) in [4.78, 5) is 6.90. The number of fused-ring (bicyclic) bond motifs is 1. The smallest absolute Gasteiger partial charge is 0.136 e. The zero-order valence-corrected chi connectivity index (χ0v) is 12.8. The summed E-state index contributed by atoms with van der Waals surface area (Å²) in [5.74, 6) is 1.83. The number of hydrogen-bond donors (Lipinski definition) is 1. The maximum absolute atomic E-state index is 9.47. The molecule has 0 spiro atoms. The van der Waals surface area contributed by atoms with E-state index in [-0.39, 0.29) is 6.61 Å². The Morgan fingerprint density at radius 1 is 1.14 bits per heavy atom. The molecule has 2 aromatic rings. The third-order valence-electron chi connectivity index (χ3n) is 4.65. The van der Waals surface area contributed by atoms with Crippen LogP contribution in [0.5, 0.6) is 0 Å². The Kier molecular flexibility index (Phi) is 4.39. The molecule has 0 radical (unpaired) electrons. The molecule has 1 saturated carbocycles.